The monoisotopic (exact) mass is 529 g/mol. The molecule has 0 aliphatic rings. The summed E-state index contributed by atoms with van der Waals surface area (Å²) in [6.07, 6.45) is 2.38. The molecule has 1 N–H and O–H groups in total. The first-order valence-electron chi connectivity index (χ1n) is 9.07. The zero-order valence-electron chi connectivity index (χ0n) is 18.2. The van der Waals surface area contributed by atoms with Crippen LogP contribution >= 0.6 is 15.9 Å². The Hall–Kier alpha value is -2.99. The molecule has 0 bridgehead atoms. The standard InChI is InChI=1S/C20H24BrN3O7S/c1-28-14-6-7-17(29-2)16(10-14)24(32(5,26)27)12-19(25)23-22-11-13-8-15(21)20(31-4)18(9-13)30-3/h6-11H,12H2,1-5H3,(H,23,25)/b22-11+. The van der Waals surface area contributed by atoms with Gasteiger partial charge in [0, 0.05) is 6.07 Å². The van der Waals surface area contributed by atoms with Crippen molar-refractivity contribution in [3.05, 3.63) is 40.4 Å². The zero-order chi connectivity index (χ0) is 23.9. The highest BCUT2D eigenvalue weighted by atomic mass is 79.9. The molecule has 174 valence electrons. The van der Waals surface area contributed by atoms with E-state index in [1.807, 2.05) is 0 Å². The number of ether oxygens (including phenoxy) is 4. The lowest BCUT2D eigenvalue weighted by atomic mass is 10.2. The minimum Gasteiger partial charge on any atom is -0.497 e. The Bertz CT molecular complexity index is 1110. The van der Waals surface area contributed by atoms with E-state index in [4.69, 9.17) is 18.9 Å². The Balaban J connectivity index is 2.22. The molecular weight excluding hydrogens is 506 g/mol. The number of nitrogens with one attached hydrogen (secondary N) is 1. The fraction of sp³-hybridized carbons (Fsp3) is 0.300. The van der Waals surface area contributed by atoms with E-state index in [0.717, 1.165) is 10.6 Å². The molecule has 0 radical (unpaired) electrons. The molecule has 0 fully saturated rings. The van der Waals surface area contributed by atoms with Crippen molar-refractivity contribution >= 4 is 43.8 Å². The van der Waals surface area contributed by atoms with Crippen LogP contribution in [0.4, 0.5) is 5.69 Å². The molecule has 0 saturated carbocycles. The van der Waals surface area contributed by atoms with Crippen molar-refractivity contribution in [2.75, 3.05) is 45.5 Å². The molecule has 10 nitrogen and oxygen atoms in total. The molecule has 2 aromatic rings. The topological polar surface area (TPSA) is 116 Å². The number of hydrazone groups is 1. The summed E-state index contributed by atoms with van der Waals surface area (Å²) in [7, 11) is 2.04. The molecule has 0 aliphatic carbocycles. The van der Waals surface area contributed by atoms with Gasteiger partial charge in [0.1, 0.15) is 18.0 Å². The second-order valence-electron chi connectivity index (χ2n) is 6.34. The van der Waals surface area contributed by atoms with E-state index in [1.165, 1.54) is 40.7 Å². The summed E-state index contributed by atoms with van der Waals surface area (Å²) in [5.41, 5.74) is 3.10. The third kappa shape index (κ3) is 6.26. The van der Waals surface area contributed by atoms with Crippen molar-refractivity contribution in [2.45, 2.75) is 0 Å². The SMILES string of the molecule is COc1ccc(OC)c(N(CC(=O)N/N=C/c2cc(Br)c(OC)c(OC)c2)S(C)(=O)=O)c1. The van der Waals surface area contributed by atoms with E-state index in [9.17, 15) is 13.2 Å². The van der Waals surface area contributed by atoms with Crippen molar-refractivity contribution in [2.24, 2.45) is 5.10 Å². The van der Waals surface area contributed by atoms with Gasteiger partial charge in [0.2, 0.25) is 10.0 Å². The van der Waals surface area contributed by atoms with Gasteiger partial charge in [0.05, 0.1) is 51.1 Å². The van der Waals surface area contributed by atoms with Crippen LogP contribution in [0.2, 0.25) is 0 Å². The molecule has 0 aliphatic heterocycles. The molecular formula is C20H24BrN3O7S. The molecule has 0 saturated heterocycles. The number of amides is 1. The second-order valence-corrected chi connectivity index (χ2v) is 9.10. The van der Waals surface area contributed by atoms with E-state index in [1.54, 1.807) is 24.3 Å². The number of carbonyl (C=O) groups excluding carboxylic acids is 1. The number of hydrogen-bond acceptors (Lipinski definition) is 8. The summed E-state index contributed by atoms with van der Waals surface area (Å²) >= 11 is 3.38. The minimum absolute atomic E-state index is 0.164. The van der Waals surface area contributed by atoms with Gasteiger partial charge in [-0.05, 0) is 45.8 Å². The van der Waals surface area contributed by atoms with Crippen LogP contribution in [0.5, 0.6) is 23.0 Å². The van der Waals surface area contributed by atoms with Crippen LogP contribution in [0.3, 0.4) is 0 Å². The quantitative estimate of drug-likeness (QED) is 0.371. The zero-order valence-corrected chi connectivity index (χ0v) is 20.6. The summed E-state index contributed by atoms with van der Waals surface area (Å²) in [4.78, 5) is 12.5. The number of sulfonamides is 1. The number of hydrogen-bond donors (Lipinski definition) is 1. The number of carbonyl (C=O) groups is 1. The van der Waals surface area contributed by atoms with Crippen LogP contribution in [0.25, 0.3) is 0 Å². The highest BCUT2D eigenvalue weighted by Crippen LogP contribution is 2.36. The van der Waals surface area contributed by atoms with Gasteiger partial charge in [-0.15, -0.1) is 0 Å². The number of methoxy groups -OCH3 is 4. The number of halogens is 1. The Labute approximate surface area is 195 Å². The maximum atomic E-state index is 12.5. The van der Waals surface area contributed by atoms with E-state index < -0.39 is 22.5 Å². The smallest absolute Gasteiger partial charge is 0.260 e. The fourth-order valence-electron chi connectivity index (χ4n) is 2.73. The summed E-state index contributed by atoms with van der Waals surface area (Å²) in [6.45, 7) is -0.519. The Morgan fingerprint density at radius 1 is 1.06 bits per heavy atom. The first kappa shape index (κ1) is 25.3. The van der Waals surface area contributed by atoms with Crippen molar-refractivity contribution in [1.82, 2.24) is 5.43 Å². The van der Waals surface area contributed by atoms with Crippen LogP contribution in [0.15, 0.2) is 39.9 Å². The normalized spacial score (nSPS) is 11.2. The average Bonchev–Trinajstić information content (AvgIpc) is 2.75. The molecule has 0 atom stereocenters. The summed E-state index contributed by atoms with van der Waals surface area (Å²) in [6, 6.07) is 8.04. The number of nitrogens with zero attached hydrogens (tertiary/aromatic N) is 2. The van der Waals surface area contributed by atoms with Gasteiger partial charge in [-0.25, -0.2) is 13.8 Å². The van der Waals surface area contributed by atoms with Crippen LogP contribution in [0.1, 0.15) is 5.56 Å². The maximum absolute atomic E-state index is 12.5. The van der Waals surface area contributed by atoms with E-state index >= 15 is 0 Å². The Morgan fingerprint density at radius 3 is 2.31 bits per heavy atom. The largest absolute Gasteiger partial charge is 0.497 e. The summed E-state index contributed by atoms with van der Waals surface area (Å²) < 4.78 is 47.2. The molecule has 0 spiro atoms. The highest BCUT2D eigenvalue weighted by Gasteiger charge is 2.24. The van der Waals surface area contributed by atoms with Gasteiger partial charge in [0.25, 0.3) is 5.91 Å². The molecule has 0 unspecified atom stereocenters. The molecule has 2 aromatic carbocycles. The van der Waals surface area contributed by atoms with Crippen molar-refractivity contribution in [1.29, 1.82) is 0 Å². The maximum Gasteiger partial charge on any atom is 0.260 e. The van der Waals surface area contributed by atoms with Gasteiger partial charge >= 0.3 is 0 Å². The lowest BCUT2D eigenvalue weighted by Gasteiger charge is -2.23. The first-order valence-corrected chi connectivity index (χ1v) is 11.7. The van der Waals surface area contributed by atoms with Gasteiger partial charge in [-0.2, -0.15) is 5.10 Å². The number of rotatable bonds is 10. The Morgan fingerprint density at radius 2 is 1.75 bits per heavy atom. The van der Waals surface area contributed by atoms with E-state index in [2.05, 4.69) is 26.5 Å². The fourth-order valence-corrected chi connectivity index (χ4v) is 4.20. The molecule has 32 heavy (non-hydrogen) atoms. The van der Waals surface area contributed by atoms with Crippen LogP contribution < -0.4 is 28.7 Å². The van der Waals surface area contributed by atoms with Crippen LogP contribution in [-0.4, -0.2) is 61.8 Å². The minimum atomic E-state index is -3.82. The van der Waals surface area contributed by atoms with Crippen molar-refractivity contribution in [3.63, 3.8) is 0 Å². The average molecular weight is 530 g/mol. The van der Waals surface area contributed by atoms with Crippen molar-refractivity contribution < 1.29 is 32.2 Å². The molecule has 12 heteroatoms. The third-order valence-corrected chi connectivity index (χ3v) is 5.92. The summed E-state index contributed by atoms with van der Waals surface area (Å²) in [5.74, 6) is 1.01. The van der Waals surface area contributed by atoms with E-state index in [-0.39, 0.29) is 11.4 Å². The van der Waals surface area contributed by atoms with Crippen LogP contribution in [0, 0.1) is 0 Å². The Kier molecular flexibility index (Phi) is 8.72. The number of anilines is 1. The van der Waals surface area contributed by atoms with Crippen molar-refractivity contribution in [3.8, 4) is 23.0 Å². The van der Waals surface area contributed by atoms with E-state index in [0.29, 0.717) is 27.3 Å². The third-order valence-electron chi connectivity index (χ3n) is 4.20. The summed E-state index contributed by atoms with van der Waals surface area (Å²) in [5, 5.41) is 3.90. The van der Waals surface area contributed by atoms with Gasteiger partial charge < -0.3 is 18.9 Å². The lowest BCUT2D eigenvalue weighted by Crippen LogP contribution is -2.39. The predicted molar refractivity (Wildman–Crippen MR) is 125 cm³/mol. The first-order chi connectivity index (χ1) is 15.1. The molecule has 0 heterocycles. The number of benzene rings is 2. The van der Waals surface area contributed by atoms with Gasteiger partial charge in [0.15, 0.2) is 11.5 Å². The van der Waals surface area contributed by atoms with Crippen LogP contribution in [-0.2, 0) is 14.8 Å². The molecule has 0 aromatic heterocycles. The highest BCUT2D eigenvalue weighted by molar-refractivity contribution is 9.10. The second kappa shape index (κ2) is 11.0. The van der Waals surface area contributed by atoms with Gasteiger partial charge in [-0.1, -0.05) is 0 Å². The predicted octanol–water partition coefficient (Wildman–Crippen LogP) is 2.40. The lowest BCUT2D eigenvalue weighted by molar-refractivity contribution is -0.119. The van der Waals surface area contributed by atoms with Gasteiger partial charge in [-0.3, -0.25) is 9.10 Å². The molecule has 2 rings (SSSR count). The molecule has 1 amide bonds.